The summed E-state index contributed by atoms with van der Waals surface area (Å²) in [4.78, 5) is 0.409. The fraction of sp³-hybridized carbons (Fsp3) is 0.538. The van der Waals surface area contributed by atoms with Gasteiger partial charge < -0.3 is 5.32 Å². The van der Waals surface area contributed by atoms with Crippen LogP contribution in [-0.4, -0.2) is 38.4 Å². The third-order valence-electron chi connectivity index (χ3n) is 4.02. The molecule has 104 valence electrons. The number of rotatable bonds is 2. The maximum absolute atomic E-state index is 12.6. The lowest BCUT2D eigenvalue weighted by Crippen LogP contribution is -2.41. The van der Waals surface area contributed by atoms with E-state index in [0.29, 0.717) is 29.9 Å². The van der Waals surface area contributed by atoms with E-state index in [1.54, 1.807) is 16.4 Å². The molecule has 2 saturated heterocycles. The topological polar surface area (TPSA) is 49.4 Å². The second kappa shape index (κ2) is 5.31. The molecule has 1 aromatic rings. The van der Waals surface area contributed by atoms with Gasteiger partial charge in [-0.2, -0.15) is 4.31 Å². The van der Waals surface area contributed by atoms with Crippen molar-refractivity contribution in [3.63, 3.8) is 0 Å². The van der Waals surface area contributed by atoms with Crippen LogP contribution in [0.3, 0.4) is 0 Å². The lowest BCUT2D eigenvalue weighted by atomic mass is 9.94. The van der Waals surface area contributed by atoms with Crippen LogP contribution in [-0.2, 0) is 10.0 Å². The van der Waals surface area contributed by atoms with Gasteiger partial charge in [-0.05, 0) is 72.2 Å². The predicted molar refractivity (Wildman–Crippen MR) is 82.4 cm³/mol. The van der Waals surface area contributed by atoms with Crippen molar-refractivity contribution in [3.05, 3.63) is 27.8 Å². The number of hydrogen-bond acceptors (Lipinski definition) is 3. The third-order valence-corrected chi connectivity index (χ3v) is 6.58. The number of nitrogens with zero attached hydrogens (tertiary/aromatic N) is 1. The summed E-state index contributed by atoms with van der Waals surface area (Å²) in [6, 6.07) is 7.43. The Bertz CT molecular complexity index is 545. The van der Waals surface area contributed by atoms with Crippen LogP contribution >= 0.6 is 22.6 Å². The molecular weight excluding hydrogens is 375 g/mol. The molecule has 4 nitrogen and oxygen atoms in total. The number of halogens is 1. The van der Waals surface area contributed by atoms with Gasteiger partial charge in [0.25, 0.3) is 0 Å². The number of fused-ring (bicyclic) bond motifs is 1. The van der Waals surface area contributed by atoms with Crippen molar-refractivity contribution in [1.82, 2.24) is 9.62 Å². The van der Waals surface area contributed by atoms with Crippen molar-refractivity contribution in [2.45, 2.75) is 23.8 Å². The van der Waals surface area contributed by atoms with E-state index in [-0.39, 0.29) is 0 Å². The molecule has 0 saturated carbocycles. The zero-order valence-electron chi connectivity index (χ0n) is 10.5. The summed E-state index contributed by atoms with van der Waals surface area (Å²) in [5.41, 5.74) is 0. The molecule has 0 radical (unpaired) electrons. The summed E-state index contributed by atoms with van der Waals surface area (Å²) < 4.78 is 27.9. The highest BCUT2D eigenvalue weighted by molar-refractivity contribution is 14.1. The maximum Gasteiger partial charge on any atom is 0.243 e. The first-order valence-electron chi connectivity index (χ1n) is 6.56. The van der Waals surface area contributed by atoms with Crippen molar-refractivity contribution >= 4 is 32.6 Å². The SMILES string of the molecule is O=S(=O)(c1ccc(I)cc1)N1CC2CCCNC2C1. The highest BCUT2D eigenvalue weighted by atomic mass is 127. The van der Waals surface area contributed by atoms with Gasteiger partial charge in [-0.1, -0.05) is 0 Å². The number of piperidine rings is 1. The van der Waals surface area contributed by atoms with Crippen molar-refractivity contribution in [2.24, 2.45) is 5.92 Å². The monoisotopic (exact) mass is 392 g/mol. The molecule has 2 aliphatic rings. The van der Waals surface area contributed by atoms with E-state index in [9.17, 15) is 8.42 Å². The predicted octanol–water partition coefficient (Wildman–Crippen LogP) is 1.66. The van der Waals surface area contributed by atoms with Gasteiger partial charge in [-0.15, -0.1) is 0 Å². The molecule has 3 rings (SSSR count). The minimum Gasteiger partial charge on any atom is -0.312 e. The number of sulfonamides is 1. The molecule has 0 aromatic heterocycles. The Balaban J connectivity index is 1.83. The second-order valence-corrected chi connectivity index (χ2v) is 8.42. The van der Waals surface area contributed by atoms with Crippen LogP contribution in [0.1, 0.15) is 12.8 Å². The Morgan fingerprint density at radius 1 is 1.21 bits per heavy atom. The van der Waals surface area contributed by atoms with Crippen LogP contribution < -0.4 is 5.32 Å². The third kappa shape index (κ3) is 2.68. The molecule has 2 atom stereocenters. The van der Waals surface area contributed by atoms with Gasteiger partial charge in [0.1, 0.15) is 0 Å². The lowest BCUT2D eigenvalue weighted by Gasteiger charge is -2.24. The number of benzene rings is 1. The molecule has 1 aromatic carbocycles. The highest BCUT2D eigenvalue weighted by Gasteiger charge is 2.39. The summed E-state index contributed by atoms with van der Waals surface area (Å²) in [5.74, 6) is 0.479. The Hall–Kier alpha value is -0.180. The second-order valence-electron chi connectivity index (χ2n) is 5.24. The van der Waals surface area contributed by atoms with Gasteiger partial charge in [0.15, 0.2) is 0 Å². The van der Waals surface area contributed by atoms with Crippen LogP contribution in [0.15, 0.2) is 29.2 Å². The standard InChI is InChI=1S/C13H17IN2O2S/c14-11-3-5-12(6-4-11)19(17,18)16-8-10-2-1-7-15-13(10)9-16/h3-6,10,13,15H,1-2,7-9H2. The average molecular weight is 392 g/mol. The zero-order chi connectivity index (χ0) is 13.5. The van der Waals surface area contributed by atoms with Crippen molar-refractivity contribution in [3.8, 4) is 0 Å². The van der Waals surface area contributed by atoms with Crippen LogP contribution in [0, 0.1) is 9.49 Å². The molecule has 1 N–H and O–H groups in total. The van der Waals surface area contributed by atoms with Gasteiger partial charge >= 0.3 is 0 Å². The van der Waals surface area contributed by atoms with Crippen LogP contribution in [0.25, 0.3) is 0 Å². The Labute approximate surface area is 127 Å². The van der Waals surface area contributed by atoms with Crippen molar-refractivity contribution in [1.29, 1.82) is 0 Å². The fourth-order valence-electron chi connectivity index (χ4n) is 2.96. The minimum absolute atomic E-state index is 0.340. The number of hydrogen-bond donors (Lipinski definition) is 1. The van der Waals surface area contributed by atoms with Crippen LogP contribution in [0.2, 0.25) is 0 Å². The van der Waals surface area contributed by atoms with Crippen molar-refractivity contribution in [2.75, 3.05) is 19.6 Å². The largest absolute Gasteiger partial charge is 0.312 e. The Morgan fingerprint density at radius 3 is 2.63 bits per heavy atom. The molecule has 19 heavy (non-hydrogen) atoms. The van der Waals surface area contributed by atoms with Gasteiger partial charge in [0.2, 0.25) is 10.0 Å². The summed E-state index contributed by atoms with van der Waals surface area (Å²) in [7, 11) is -3.32. The first kappa shape index (κ1) is 13.8. The molecule has 0 bridgehead atoms. The van der Waals surface area contributed by atoms with Crippen LogP contribution in [0.5, 0.6) is 0 Å². The molecule has 2 aliphatic heterocycles. The van der Waals surface area contributed by atoms with Gasteiger partial charge in [0.05, 0.1) is 4.90 Å². The van der Waals surface area contributed by atoms with E-state index in [1.807, 2.05) is 12.1 Å². The lowest BCUT2D eigenvalue weighted by molar-refractivity contribution is 0.339. The molecule has 0 amide bonds. The Kier molecular flexibility index (Phi) is 3.85. The molecule has 6 heteroatoms. The van der Waals surface area contributed by atoms with Gasteiger partial charge in [0, 0.05) is 22.7 Å². The normalized spacial score (nSPS) is 28.3. The summed E-state index contributed by atoms with van der Waals surface area (Å²) in [6.07, 6.45) is 2.29. The van der Waals surface area contributed by atoms with Crippen molar-refractivity contribution < 1.29 is 8.42 Å². The quantitative estimate of drug-likeness (QED) is 0.780. The van der Waals surface area contributed by atoms with Gasteiger partial charge in [-0.3, -0.25) is 0 Å². The molecule has 0 spiro atoms. The summed E-state index contributed by atoms with van der Waals surface area (Å²) in [5, 5.41) is 3.44. The van der Waals surface area contributed by atoms with E-state index < -0.39 is 10.0 Å². The fourth-order valence-corrected chi connectivity index (χ4v) is 4.84. The molecule has 2 unspecified atom stereocenters. The van der Waals surface area contributed by atoms with Gasteiger partial charge in [-0.25, -0.2) is 8.42 Å². The van der Waals surface area contributed by atoms with E-state index >= 15 is 0 Å². The van der Waals surface area contributed by atoms with E-state index in [0.717, 1.165) is 23.0 Å². The molecular formula is C13H17IN2O2S. The Morgan fingerprint density at radius 2 is 1.95 bits per heavy atom. The molecule has 2 heterocycles. The molecule has 0 aliphatic carbocycles. The average Bonchev–Trinajstić information content (AvgIpc) is 2.83. The highest BCUT2D eigenvalue weighted by Crippen LogP contribution is 2.29. The first-order chi connectivity index (χ1) is 9.07. The number of nitrogens with one attached hydrogen (secondary N) is 1. The first-order valence-corrected chi connectivity index (χ1v) is 9.08. The molecule has 2 fully saturated rings. The van der Waals surface area contributed by atoms with Crippen LogP contribution in [0.4, 0.5) is 0 Å². The van der Waals surface area contributed by atoms with E-state index in [1.165, 1.54) is 0 Å². The van der Waals surface area contributed by atoms with E-state index in [2.05, 4.69) is 27.9 Å². The maximum atomic E-state index is 12.6. The zero-order valence-corrected chi connectivity index (χ0v) is 13.5. The smallest absolute Gasteiger partial charge is 0.243 e. The van der Waals surface area contributed by atoms with E-state index in [4.69, 9.17) is 0 Å². The summed E-state index contributed by atoms with van der Waals surface area (Å²) >= 11 is 2.18. The minimum atomic E-state index is -3.32. The summed E-state index contributed by atoms with van der Waals surface area (Å²) in [6.45, 7) is 2.28.